The Morgan fingerprint density at radius 3 is 2.53 bits per heavy atom. The van der Waals surface area contributed by atoms with Crippen LogP contribution in [0.3, 0.4) is 0 Å². The van der Waals surface area contributed by atoms with E-state index in [1.165, 1.54) is 0 Å². The number of carbonyl (C=O) groups is 1. The minimum absolute atomic E-state index is 0.134. The van der Waals surface area contributed by atoms with Gasteiger partial charge >= 0.3 is 13.1 Å². The van der Waals surface area contributed by atoms with Crippen molar-refractivity contribution in [2.45, 2.75) is 0 Å². The zero-order valence-electron chi connectivity index (χ0n) is 7.70. The van der Waals surface area contributed by atoms with Gasteiger partial charge in [0.05, 0.1) is 12.1 Å². The zero-order chi connectivity index (χ0) is 11.6. The zero-order valence-corrected chi connectivity index (χ0v) is 8.45. The lowest BCUT2D eigenvalue weighted by Gasteiger charge is -2.06. The smallest absolute Gasteiger partial charge is 0.465 e. The van der Waals surface area contributed by atoms with Crippen molar-refractivity contribution >= 4 is 30.2 Å². The molecule has 0 fully saturated rings. The Morgan fingerprint density at radius 2 is 2.13 bits per heavy atom. The van der Waals surface area contributed by atoms with Crippen LogP contribution in [0.25, 0.3) is 0 Å². The van der Waals surface area contributed by atoms with Gasteiger partial charge < -0.3 is 14.8 Å². The normalized spacial score (nSPS) is 9.93. The molecule has 1 rings (SSSR count). The van der Waals surface area contributed by atoms with Crippen LogP contribution in [0.4, 0.5) is 4.39 Å². The minimum Gasteiger partial charge on any atom is -0.465 e. The van der Waals surface area contributed by atoms with Crippen LogP contribution < -0.4 is 5.46 Å². The molecule has 80 valence electrons. The number of esters is 1. The van der Waals surface area contributed by atoms with Gasteiger partial charge in [-0.25, -0.2) is 9.18 Å². The summed E-state index contributed by atoms with van der Waals surface area (Å²) in [6.45, 7) is 0. The van der Waals surface area contributed by atoms with E-state index in [4.69, 9.17) is 21.6 Å². The Kier molecular flexibility index (Phi) is 3.68. The summed E-state index contributed by atoms with van der Waals surface area (Å²) in [5.41, 5.74) is -0.561. The summed E-state index contributed by atoms with van der Waals surface area (Å²) >= 11 is 5.59. The van der Waals surface area contributed by atoms with Gasteiger partial charge in [-0.05, 0) is 17.6 Å². The molecule has 0 atom stereocenters. The number of methoxy groups -OCH3 is 1. The molecule has 0 aliphatic heterocycles. The quantitative estimate of drug-likeness (QED) is 0.554. The molecule has 0 heterocycles. The summed E-state index contributed by atoms with van der Waals surface area (Å²) in [5, 5.41) is 17.3. The first kappa shape index (κ1) is 12.0. The molecule has 0 spiro atoms. The Labute approximate surface area is 90.4 Å². The van der Waals surface area contributed by atoms with Gasteiger partial charge in [0.25, 0.3) is 0 Å². The lowest BCUT2D eigenvalue weighted by molar-refractivity contribution is 0.0595. The summed E-state index contributed by atoms with van der Waals surface area (Å²) in [7, 11) is -0.754. The molecule has 0 saturated heterocycles. The fraction of sp³-hybridized carbons (Fsp3) is 0.125. The van der Waals surface area contributed by atoms with Crippen molar-refractivity contribution in [3.8, 4) is 0 Å². The molecule has 0 unspecified atom stereocenters. The number of ether oxygens (including phenoxy) is 1. The van der Waals surface area contributed by atoms with Crippen LogP contribution in [-0.2, 0) is 4.74 Å². The van der Waals surface area contributed by atoms with Crippen molar-refractivity contribution in [3.63, 3.8) is 0 Å². The van der Waals surface area contributed by atoms with Crippen LogP contribution in [0.15, 0.2) is 12.1 Å². The van der Waals surface area contributed by atoms with E-state index in [1.807, 2.05) is 0 Å². The second kappa shape index (κ2) is 4.61. The number of halogens is 2. The van der Waals surface area contributed by atoms with E-state index >= 15 is 0 Å². The van der Waals surface area contributed by atoms with E-state index in [0.29, 0.717) is 0 Å². The minimum atomic E-state index is -1.84. The summed E-state index contributed by atoms with van der Waals surface area (Å²) in [5.74, 6) is -1.88. The van der Waals surface area contributed by atoms with Gasteiger partial charge in [0, 0.05) is 0 Å². The lowest BCUT2D eigenvalue weighted by Crippen LogP contribution is -2.30. The highest BCUT2D eigenvalue weighted by atomic mass is 35.5. The van der Waals surface area contributed by atoms with Gasteiger partial charge in [0.2, 0.25) is 0 Å². The predicted octanol–water partition coefficient (Wildman–Crippen LogP) is -0.0545. The van der Waals surface area contributed by atoms with Gasteiger partial charge in [-0.3, -0.25) is 0 Å². The van der Waals surface area contributed by atoms with Crippen LogP contribution in [0, 0.1) is 5.82 Å². The molecule has 1 aromatic carbocycles. The third kappa shape index (κ3) is 2.47. The van der Waals surface area contributed by atoms with Gasteiger partial charge in [-0.1, -0.05) is 11.6 Å². The number of hydrogen-bond donors (Lipinski definition) is 2. The standard InChI is InChI=1S/C8H7BClFO4/c1-15-8(12)7-5(10)2-4(9(13)14)3-6(7)11/h2-3,13-14H,1H3. The maximum atomic E-state index is 13.3. The third-order valence-electron chi connectivity index (χ3n) is 1.75. The molecule has 0 aliphatic carbocycles. The van der Waals surface area contributed by atoms with E-state index in [-0.39, 0.29) is 10.5 Å². The van der Waals surface area contributed by atoms with Gasteiger partial charge in [-0.15, -0.1) is 0 Å². The molecule has 4 nitrogen and oxygen atoms in total. The average Bonchev–Trinajstić information content (AvgIpc) is 2.16. The van der Waals surface area contributed by atoms with E-state index in [2.05, 4.69) is 4.74 Å². The summed E-state index contributed by atoms with van der Waals surface area (Å²) in [6, 6.07) is 1.89. The number of carbonyl (C=O) groups excluding carboxylic acids is 1. The first-order valence-corrected chi connectivity index (χ1v) is 4.28. The first-order chi connectivity index (χ1) is 6.97. The number of rotatable bonds is 2. The molecular formula is C8H7BClFO4. The fourth-order valence-electron chi connectivity index (χ4n) is 1.04. The first-order valence-electron chi connectivity index (χ1n) is 3.90. The second-order valence-corrected chi connectivity index (χ2v) is 3.13. The van der Waals surface area contributed by atoms with E-state index in [1.54, 1.807) is 0 Å². The summed E-state index contributed by atoms with van der Waals surface area (Å²) in [4.78, 5) is 11.1. The van der Waals surface area contributed by atoms with Crippen molar-refractivity contribution in [2.75, 3.05) is 7.11 Å². The molecule has 0 radical (unpaired) electrons. The second-order valence-electron chi connectivity index (χ2n) is 2.72. The van der Waals surface area contributed by atoms with Crippen molar-refractivity contribution in [1.82, 2.24) is 0 Å². The van der Waals surface area contributed by atoms with Crippen molar-refractivity contribution in [1.29, 1.82) is 0 Å². The van der Waals surface area contributed by atoms with Crippen molar-refractivity contribution in [2.24, 2.45) is 0 Å². The molecular weight excluding hydrogens is 225 g/mol. The molecule has 0 aliphatic rings. The molecule has 0 saturated carbocycles. The molecule has 1 aromatic rings. The van der Waals surface area contributed by atoms with Gasteiger partial charge in [0.1, 0.15) is 11.4 Å². The van der Waals surface area contributed by atoms with Crippen molar-refractivity contribution in [3.05, 3.63) is 28.5 Å². The monoisotopic (exact) mass is 232 g/mol. The Bertz CT molecular complexity index is 373. The predicted molar refractivity (Wildman–Crippen MR) is 52.6 cm³/mol. The molecule has 15 heavy (non-hydrogen) atoms. The molecule has 7 heteroatoms. The van der Waals surface area contributed by atoms with Crippen molar-refractivity contribution < 1.29 is 24.0 Å². The summed E-state index contributed by atoms with van der Waals surface area (Å²) < 4.78 is 17.6. The highest BCUT2D eigenvalue weighted by molar-refractivity contribution is 6.59. The fourth-order valence-corrected chi connectivity index (χ4v) is 1.33. The molecule has 2 N–H and O–H groups in total. The van der Waals surface area contributed by atoms with Gasteiger partial charge in [0.15, 0.2) is 0 Å². The third-order valence-corrected chi connectivity index (χ3v) is 2.05. The maximum Gasteiger partial charge on any atom is 0.488 e. The van der Waals surface area contributed by atoms with Gasteiger partial charge in [-0.2, -0.15) is 0 Å². The Hall–Kier alpha value is -1.11. The largest absolute Gasteiger partial charge is 0.488 e. The highest BCUT2D eigenvalue weighted by Crippen LogP contribution is 2.18. The summed E-state index contributed by atoms with van der Waals surface area (Å²) in [6.07, 6.45) is 0. The Morgan fingerprint density at radius 1 is 1.53 bits per heavy atom. The van der Waals surface area contributed by atoms with E-state index in [0.717, 1.165) is 19.2 Å². The van der Waals surface area contributed by atoms with Crippen LogP contribution in [0.5, 0.6) is 0 Å². The SMILES string of the molecule is COC(=O)c1c(F)cc(B(O)O)cc1Cl. The molecule has 0 bridgehead atoms. The number of hydrogen-bond acceptors (Lipinski definition) is 4. The van der Waals surface area contributed by atoms with E-state index < -0.39 is 24.5 Å². The van der Waals surface area contributed by atoms with Crippen LogP contribution in [0.1, 0.15) is 10.4 Å². The maximum absolute atomic E-state index is 13.3. The average molecular weight is 232 g/mol. The Balaban J connectivity index is 3.27. The van der Waals surface area contributed by atoms with E-state index in [9.17, 15) is 9.18 Å². The van der Waals surface area contributed by atoms with Crippen LogP contribution in [-0.4, -0.2) is 30.2 Å². The topological polar surface area (TPSA) is 66.8 Å². The van der Waals surface area contributed by atoms with Crippen LogP contribution in [0.2, 0.25) is 5.02 Å². The highest BCUT2D eigenvalue weighted by Gasteiger charge is 2.21. The molecule has 0 amide bonds. The lowest BCUT2D eigenvalue weighted by atomic mass is 9.80. The molecule has 0 aromatic heterocycles. The number of benzene rings is 1. The van der Waals surface area contributed by atoms with Crippen LogP contribution >= 0.6 is 11.6 Å².